The van der Waals surface area contributed by atoms with E-state index in [1.165, 1.54) is 0 Å². The second-order valence-corrected chi connectivity index (χ2v) is 4.26. The van der Waals surface area contributed by atoms with Crippen LogP contribution in [0, 0.1) is 5.92 Å². The van der Waals surface area contributed by atoms with Crippen LogP contribution in [0.1, 0.15) is 6.92 Å². The van der Waals surface area contributed by atoms with E-state index in [0.29, 0.717) is 31.3 Å². The van der Waals surface area contributed by atoms with Gasteiger partial charge in [0, 0.05) is 19.0 Å². The Morgan fingerprint density at radius 2 is 2.33 bits per heavy atom. The van der Waals surface area contributed by atoms with Crippen LogP contribution >= 0.6 is 12.2 Å². The Hall–Kier alpha value is -0.720. The smallest absolute Gasteiger partial charge is 0.237 e. The number of thiocarbonyl (C=S) groups is 1. The zero-order chi connectivity index (χ0) is 11.4. The molecule has 1 fully saturated rings. The number of rotatable bonds is 4. The Balaban J connectivity index is 2.56. The minimum Gasteiger partial charge on any atom is -0.393 e. The topological polar surface area (TPSA) is 81.6 Å². The summed E-state index contributed by atoms with van der Waals surface area (Å²) >= 11 is 4.89. The first-order chi connectivity index (χ1) is 7.02. The number of carbonyl (C=O) groups is 1. The van der Waals surface area contributed by atoms with E-state index in [2.05, 4.69) is 0 Å². The van der Waals surface area contributed by atoms with Crippen molar-refractivity contribution in [3.05, 3.63) is 0 Å². The minimum atomic E-state index is -0.357. The Labute approximate surface area is 94.7 Å². The maximum absolute atomic E-state index is 11.2. The van der Waals surface area contributed by atoms with Gasteiger partial charge in [-0.2, -0.15) is 0 Å². The normalized spacial score (nSPS) is 24.7. The number of morpholine rings is 1. The van der Waals surface area contributed by atoms with Crippen molar-refractivity contribution in [1.82, 2.24) is 4.90 Å². The summed E-state index contributed by atoms with van der Waals surface area (Å²) in [6.07, 6.45) is 0. The fourth-order valence-corrected chi connectivity index (χ4v) is 1.63. The summed E-state index contributed by atoms with van der Waals surface area (Å²) in [6.45, 7) is 4.27. The molecule has 5 nitrogen and oxygen atoms in total. The monoisotopic (exact) mass is 231 g/mol. The molecule has 86 valence electrons. The summed E-state index contributed by atoms with van der Waals surface area (Å²) in [5, 5.41) is 0. The van der Waals surface area contributed by atoms with Gasteiger partial charge in [-0.25, -0.2) is 0 Å². The predicted octanol–water partition coefficient (Wildman–Crippen LogP) is -0.905. The number of amides is 1. The standard InChI is InChI=1S/C9H17N3O2S/c1-6(9(11)15)4-12-2-3-14-5-7(12)8(10)13/h6-7H,2-5H2,1H3,(H2,10,13)(H2,11,15). The number of carbonyl (C=O) groups excluding carboxylic acids is 1. The van der Waals surface area contributed by atoms with Gasteiger partial charge in [0.05, 0.1) is 18.2 Å². The number of nitrogens with two attached hydrogens (primary N) is 2. The maximum atomic E-state index is 11.2. The van der Waals surface area contributed by atoms with Gasteiger partial charge in [0.15, 0.2) is 0 Å². The molecule has 1 amide bonds. The zero-order valence-electron chi connectivity index (χ0n) is 8.81. The van der Waals surface area contributed by atoms with E-state index in [1.54, 1.807) is 0 Å². The van der Waals surface area contributed by atoms with Gasteiger partial charge in [-0.15, -0.1) is 0 Å². The van der Waals surface area contributed by atoms with Gasteiger partial charge >= 0.3 is 0 Å². The SMILES string of the molecule is CC(CN1CCOCC1C(N)=O)C(N)=S. The fraction of sp³-hybridized carbons (Fsp3) is 0.778. The highest BCUT2D eigenvalue weighted by molar-refractivity contribution is 7.80. The molecular weight excluding hydrogens is 214 g/mol. The molecule has 1 aliphatic rings. The number of hydrogen-bond donors (Lipinski definition) is 2. The van der Waals surface area contributed by atoms with Crippen molar-refractivity contribution in [2.45, 2.75) is 13.0 Å². The number of hydrogen-bond acceptors (Lipinski definition) is 4. The van der Waals surface area contributed by atoms with Crippen LogP contribution in [0.5, 0.6) is 0 Å². The second-order valence-electron chi connectivity index (χ2n) is 3.79. The summed E-state index contributed by atoms with van der Waals surface area (Å²) in [5.41, 5.74) is 10.8. The number of nitrogens with zero attached hydrogens (tertiary/aromatic N) is 1. The Kier molecular flexibility index (Phi) is 4.44. The molecule has 4 N–H and O–H groups in total. The maximum Gasteiger partial charge on any atom is 0.237 e. The molecule has 2 unspecified atom stereocenters. The minimum absolute atomic E-state index is 0.0833. The lowest BCUT2D eigenvalue weighted by atomic mass is 10.1. The second kappa shape index (κ2) is 5.39. The average Bonchev–Trinajstić information content (AvgIpc) is 2.18. The molecule has 0 aromatic rings. The highest BCUT2D eigenvalue weighted by Gasteiger charge is 2.28. The van der Waals surface area contributed by atoms with E-state index < -0.39 is 0 Å². The fourth-order valence-electron chi connectivity index (χ4n) is 1.56. The van der Waals surface area contributed by atoms with Crippen molar-refractivity contribution in [2.24, 2.45) is 17.4 Å². The number of primary amides is 1. The van der Waals surface area contributed by atoms with Crippen LogP contribution in [-0.4, -0.2) is 48.1 Å². The van der Waals surface area contributed by atoms with Gasteiger partial charge in [-0.3, -0.25) is 9.69 Å². The van der Waals surface area contributed by atoms with E-state index in [-0.39, 0.29) is 17.9 Å². The van der Waals surface area contributed by atoms with Gasteiger partial charge in [0.1, 0.15) is 6.04 Å². The molecule has 1 rings (SSSR count). The predicted molar refractivity (Wildman–Crippen MR) is 61.3 cm³/mol. The van der Waals surface area contributed by atoms with Crippen LogP contribution < -0.4 is 11.5 Å². The molecule has 2 atom stereocenters. The molecule has 0 radical (unpaired) electrons. The molecule has 0 saturated carbocycles. The van der Waals surface area contributed by atoms with Crippen LogP contribution in [0.3, 0.4) is 0 Å². The van der Waals surface area contributed by atoms with Crippen LogP contribution in [0.25, 0.3) is 0 Å². The lowest BCUT2D eigenvalue weighted by Gasteiger charge is -2.34. The summed E-state index contributed by atoms with van der Waals surface area (Å²) in [4.78, 5) is 13.6. The van der Waals surface area contributed by atoms with Crippen molar-refractivity contribution >= 4 is 23.1 Å². The third-order valence-electron chi connectivity index (χ3n) is 2.56. The first-order valence-corrected chi connectivity index (χ1v) is 5.33. The molecule has 0 spiro atoms. The van der Waals surface area contributed by atoms with Gasteiger partial charge in [0.2, 0.25) is 5.91 Å². The molecule has 0 aliphatic carbocycles. The van der Waals surface area contributed by atoms with Crippen LogP contribution in [0.2, 0.25) is 0 Å². The van der Waals surface area contributed by atoms with Crippen molar-refractivity contribution in [1.29, 1.82) is 0 Å². The van der Waals surface area contributed by atoms with Crippen LogP contribution in [0.15, 0.2) is 0 Å². The van der Waals surface area contributed by atoms with E-state index >= 15 is 0 Å². The third-order valence-corrected chi connectivity index (χ3v) is 2.96. The Bertz CT molecular complexity index is 260. The molecule has 0 aromatic heterocycles. The third kappa shape index (κ3) is 3.40. The van der Waals surface area contributed by atoms with Crippen LogP contribution in [0.4, 0.5) is 0 Å². The largest absolute Gasteiger partial charge is 0.393 e. The quantitative estimate of drug-likeness (QED) is 0.612. The van der Waals surface area contributed by atoms with E-state index in [9.17, 15) is 4.79 Å². The van der Waals surface area contributed by atoms with Crippen molar-refractivity contribution in [3.63, 3.8) is 0 Å². The molecule has 1 heterocycles. The van der Waals surface area contributed by atoms with Crippen molar-refractivity contribution in [2.75, 3.05) is 26.3 Å². The summed E-state index contributed by atoms with van der Waals surface area (Å²) in [6, 6.07) is -0.351. The molecule has 0 bridgehead atoms. The summed E-state index contributed by atoms with van der Waals surface area (Å²) in [7, 11) is 0. The van der Waals surface area contributed by atoms with Gasteiger partial charge in [-0.05, 0) is 0 Å². The lowest BCUT2D eigenvalue weighted by Crippen LogP contribution is -2.54. The summed E-state index contributed by atoms with van der Waals surface area (Å²) in [5.74, 6) is -0.273. The van der Waals surface area contributed by atoms with E-state index in [0.717, 1.165) is 0 Å². The van der Waals surface area contributed by atoms with E-state index in [4.69, 9.17) is 28.4 Å². The number of ether oxygens (including phenoxy) is 1. The van der Waals surface area contributed by atoms with Crippen molar-refractivity contribution < 1.29 is 9.53 Å². The highest BCUT2D eigenvalue weighted by atomic mass is 32.1. The van der Waals surface area contributed by atoms with Crippen molar-refractivity contribution in [3.8, 4) is 0 Å². The van der Waals surface area contributed by atoms with Crippen LogP contribution in [-0.2, 0) is 9.53 Å². The Morgan fingerprint density at radius 1 is 1.67 bits per heavy atom. The summed E-state index contributed by atoms with van der Waals surface area (Å²) < 4.78 is 5.21. The molecule has 0 aromatic carbocycles. The lowest BCUT2D eigenvalue weighted by molar-refractivity contribution is -0.129. The molecule has 6 heteroatoms. The molecule has 1 saturated heterocycles. The molecule has 1 aliphatic heterocycles. The highest BCUT2D eigenvalue weighted by Crippen LogP contribution is 2.10. The zero-order valence-corrected chi connectivity index (χ0v) is 9.63. The van der Waals surface area contributed by atoms with Gasteiger partial charge in [-0.1, -0.05) is 19.1 Å². The van der Waals surface area contributed by atoms with Gasteiger partial charge in [0.25, 0.3) is 0 Å². The molecule has 15 heavy (non-hydrogen) atoms. The first kappa shape index (κ1) is 12.4. The molecular formula is C9H17N3O2S. The van der Waals surface area contributed by atoms with E-state index in [1.807, 2.05) is 11.8 Å². The van der Waals surface area contributed by atoms with Gasteiger partial charge < -0.3 is 16.2 Å². The first-order valence-electron chi connectivity index (χ1n) is 4.92. The Morgan fingerprint density at radius 3 is 2.87 bits per heavy atom. The average molecular weight is 231 g/mol.